The summed E-state index contributed by atoms with van der Waals surface area (Å²) in [6.45, 7) is 7.68. The number of piperazine rings is 1. The maximum atomic E-state index is 6.12. The van der Waals surface area contributed by atoms with Crippen LogP contribution in [0.25, 0.3) is 0 Å². The summed E-state index contributed by atoms with van der Waals surface area (Å²) in [5.41, 5.74) is 0. The standard InChI is InChI=1S/C11H17ClN2S.ClH/c1-8-5-13-6-9(2)14(8)7-11-10(12)3-4-15-11;/h3-4,8-9,13H,5-7H2,1-2H3;1H/t8-,9+;. The molecule has 0 aliphatic carbocycles. The zero-order valence-electron chi connectivity index (χ0n) is 9.57. The Bertz CT molecular complexity index is 320. The number of hydrogen-bond donors (Lipinski definition) is 1. The van der Waals surface area contributed by atoms with Crippen molar-refractivity contribution >= 4 is 35.3 Å². The molecule has 0 amide bonds. The molecule has 5 heteroatoms. The van der Waals surface area contributed by atoms with Gasteiger partial charge in [0.05, 0.1) is 5.02 Å². The predicted octanol–water partition coefficient (Wildman–Crippen LogP) is 3.01. The van der Waals surface area contributed by atoms with Gasteiger partial charge in [-0.05, 0) is 25.3 Å². The minimum atomic E-state index is 0. The molecule has 1 saturated heterocycles. The summed E-state index contributed by atoms with van der Waals surface area (Å²) >= 11 is 7.88. The highest BCUT2D eigenvalue weighted by Crippen LogP contribution is 2.25. The van der Waals surface area contributed by atoms with E-state index in [0.29, 0.717) is 12.1 Å². The Hall–Kier alpha value is 0.200. The average molecular weight is 281 g/mol. The number of rotatable bonds is 2. The van der Waals surface area contributed by atoms with Crippen LogP contribution in [0.1, 0.15) is 18.7 Å². The summed E-state index contributed by atoms with van der Waals surface area (Å²) in [5.74, 6) is 0. The van der Waals surface area contributed by atoms with Crippen molar-refractivity contribution < 1.29 is 0 Å². The fourth-order valence-electron chi connectivity index (χ4n) is 2.09. The van der Waals surface area contributed by atoms with Gasteiger partial charge in [-0.25, -0.2) is 0 Å². The maximum absolute atomic E-state index is 6.12. The largest absolute Gasteiger partial charge is 0.314 e. The summed E-state index contributed by atoms with van der Waals surface area (Å²) in [6, 6.07) is 3.16. The average Bonchev–Trinajstić information content (AvgIpc) is 2.58. The molecule has 0 spiro atoms. The first kappa shape index (κ1) is 14.3. The van der Waals surface area contributed by atoms with Crippen LogP contribution in [0.2, 0.25) is 5.02 Å². The SMILES string of the molecule is C[C@@H]1CNC[C@H](C)N1Cc1sccc1Cl.Cl. The first-order valence-corrected chi connectivity index (χ1v) is 6.62. The van der Waals surface area contributed by atoms with Crippen LogP contribution in [0.15, 0.2) is 11.4 Å². The molecule has 0 bridgehead atoms. The van der Waals surface area contributed by atoms with E-state index < -0.39 is 0 Å². The molecular formula is C11H18Cl2N2S. The Morgan fingerprint density at radius 1 is 1.44 bits per heavy atom. The number of hydrogen-bond acceptors (Lipinski definition) is 3. The van der Waals surface area contributed by atoms with Gasteiger partial charge < -0.3 is 5.32 Å². The Morgan fingerprint density at radius 2 is 2.06 bits per heavy atom. The zero-order chi connectivity index (χ0) is 10.8. The van der Waals surface area contributed by atoms with E-state index in [0.717, 1.165) is 24.7 Å². The van der Waals surface area contributed by atoms with E-state index in [4.69, 9.17) is 11.6 Å². The van der Waals surface area contributed by atoms with Crippen molar-refractivity contribution in [3.63, 3.8) is 0 Å². The molecule has 92 valence electrons. The fourth-order valence-corrected chi connectivity index (χ4v) is 3.19. The predicted molar refractivity (Wildman–Crippen MR) is 73.9 cm³/mol. The highest BCUT2D eigenvalue weighted by atomic mass is 35.5. The zero-order valence-corrected chi connectivity index (χ0v) is 12.0. The van der Waals surface area contributed by atoms with Crippen LogP contribution in [0, 0.1) is 0 Å². The molecule has 16 heavy (non-hydrogen) atoms. The lowest BCUT2D eigenvalue weighted by molar-refractivity contribution is 0.110. The van der Waals surface area contributed by atoms with E-state index in [1.165, 1.54) is 4.88 Å². The van der Waals surface area contributed by atoms with E-state index in [1.807, 2.05) is 6.07 Å². The highest BCUT2D eigenvalue weighted by Gasteiger charge is 2.25. The molecule has 0 unspecified atom stereocenters. The quantitative estimate of drug-likeness (QED) is 0.896. The van der Waals surface area contributed by atoms with Crippen molar-refractivity contribution in [2.24, 2.45) is 0 Å². The van der Waals surface area contributed by atoms with Crippen LogP contribution in [-0.2, 0) is 6.54 Å². The number of thiophene rings is 1. The Kier molecular flexibility index (Phi) is 5.54. The van der Waals surface area contributed by atoms with Crippen molar-refractivity contribution in [3.05, 3.63) is 21.3 Å². The Balaban J connectivity index is 0.00000128. The van der Waals surface area contributed by atoms with Gasteiger partial charge in [0.25, 0.3) is 0 Å². The molecule has 1 N–H and O–H groups in total. The van der Waals surface area contributed by atoms with Gasteiger partial charge >= 0.3 is 0 Å². The first-order chi connectivity index (χ1) is 7.18. The molecular weight excluding hydrogens is 263 g/mol. The lowest BCUT2D eigenvalue weighted by Gasteiger charge is -2.39. The maximum Gasteiger partial charge on any atom is 0.0558 e. The monoisotopic (exact) mass is 280 g/mol. The molecule has 1 fully saturated rings. The van der Waals surface area contributed by atoms with Gasteiger partial charge in [0.1, 0.15) is 0 Å². The highest BCUT2D eigenvalue weighted by molar-refractivity contribution is 7.10. The molecule has 2 rings (SSSR count). The second-order valence-electron chi connectivity index (χ2n) is 4.22. The van der Waals surface area contributed by atoms with E-state index >= 15 is 0 Å². The molecule has 0 aromatic carbocycles. The van der Waals surface area contributed by atoms with Crippen LogP contribution in [0.3, 0.4) is 0 Å². The number of nitrogens with zero attached hydrogens (tertiary/aromatic N) is 1. The van der Waals surface area contributed by atoms with Gasteiger partial charge in [0.2, 0.25) is 0 Å². The van der Waals surface area contributed by atoms with Crippen LogP contribution in [-0.4, -0.2) is 30.1 Å². The molecule has 2 atom stereocenters. The van der Waals surface area contributed by atoms with E-state index in [-0.39, 0.29) is 12.4 Å². The van der Waals surface area contributed by atoms with Crippen molar-refractivity contribution in [2.75, 3.05) is 13.1 Å². The molecule has 0 saturated carbocycles. The molecule has 1 aliphatic heterocycles. The lowest BCUT2D eigenvalue weighted by atomic mass is 10.1. The van der Waals surface area contributed by atoms with Crippen LogP contribution >= 0.6 is 35.3 Å². The summed E-state index contributed by atoms with van der Waals surface area (Å²) in [6.07, 6.45) is 0. The van der Waals surface area contributed by atoms with Crippen LogP contribution < -0.4 is 5.32 Å². The third-order valence-corrected chi connectivity index (χ3v) is 4.40. The van der Waals surface area contributed by atoms with E-state index in [1.54, 1.807) is 11.3 Å². The van der Waals surface area contributed by atoms with Gasteiger partial charge in [0.15, 0.2) is 0 Å². The molecule has 2 heterocycles. The first-order valence-electron chi connectivity index (χ1n) is 5.37. The van der Waals surface area contributed by atoms with Gasteiger partial charge in [-0.2, -0.15) is 0 Å². The van der Waals surface area contributed by atoms with Crippen molar-refractivity contribution in [2.45, 2.75) is 32.5 Å². The van der Waals surface area contributed by atoms with Gasteiger partial charge in [-0.1, -0.05) is 11.6 Å². The molecule has 1 aliphatic rings. The molecule has 1 aromatic rings. The normalized spacial score (nSPS) is 26.4. The summed E-state index contributed by atoms with van der Waals surface area (Å²) < 4.78 is 0. The number of nitrogens with one attached hydrogen (secondary N) is 1. The van der Waals surface area contributed by atoms with Gasteiger partial charge in [-0.15, -0.1) is 23.7 Å². The third kappa shape index (κ3) is 3.11. The Labute approximate surface area is 112 Å². The van der Waals surface area contributed by atoms with Crippen molar-refractivity contribution in [1.82, 2.24) is 10.2 Å². The number of halogens is 2. The second-order valence-corrected chi connectivity index (χ2v) is 5.63. The second kappa shape index (κ2) is 6.22. The van der Waals surface area contributed by atoms with Gasteiger partial charge in [-0.3, -0.25) is 4.90 Å². The van der Waals surface area contributed by atoms with Crippen LogP contribution in [0.4, 0.5) is 0 Å². The summed E-state index contributed by atoms with van der Waals surface area (Å²) in [5, 5.41) is 6.42. The van der Waals surface area contributed by atoms with Crippen LogP contribution in [0.5, 0.6) is 0 Å². The van der Waals surface area contributed by atoms with Crippen molar-refractivity contribution in [3.8, 4) is 0 Å². The summed E-state index contributed by atoms with van der Waals surface area (Å²) in [7, 11) is 0. The fraction of sp³-hybridized carbons (Fsp3) is 0.636. The summed E-state index contributed by atoms with van der Waals surface area (Å²) in [4.78, 5) is 3.81. The van der Waals surface area contributed by atoms with Crippen molar-refractivity contribution in [1.29, 1.82) is 0 Å². The Morgan fingerprint density at radius 3 is 2.56 bits per heavy atom. The molecule has 0 radical (unpaired) electrons. The van der Waals surface area contributed by atoms with E-state index in [9.17, 15) is 0 Å². The lowest BCUT2D eigenvalue weighted by Crippen LogP contribution is -2.54. The van der Waals surface area contributed by atoms with Gasteiger partial charge in [0, 0.05) is 36.6 Å². The molecule has 1 aromatic heterocycles. The smallest absolute Gasteiger partial charge is 0.0558 e. The molecule has 2 nitrogen and oxygen atoms in total. The minimum Gasteiger partial charge on any atom is -0.314 e. The minimum absolute atomic E-state index is 0. The topological polar surface area (TPSA) is 15.3 Å². The third-order valence-electron chi connectivity index (χ3n) is 3.03. The van der Waals surface area contributed by atoms with E-state index in [2.05, 4.69) is 29.4 Å².